The fourth-order valence-electron chi connectivity index (χ4n) is 2.74. The van der Waals surface area contributed by atoms with Gasteiger partial charge < -0.3 is 5.32 Å². The van der Waals surface area contributed by atoms with Crippen LogP contribution in [0.3, 0.4) is 0 Å². The van der Waals surface area contributed by atoms with Crippen molar-refractivity contribution in [2.75, 3.05) is 33.9 Å². The lowest BCUT2D eigenvalue weighted by molar-refractivity contribution is -0.115. The van der Waals surface area contributed by atoms with Gasteiger partial charge in [-0.05, 0) is 43.3 Å². The summed E-state index contributed by atoms with van der Waals surface area (Å²) in [5, 5.41) is 2.74. The maximum atomic E-state index is 12.9. The van der Waals surface area contributed by atoms with Gasteiger partial charge in [-0.25, -0.2) is 8.42 Å². The van der Waals surface area contributed by atoms with E-state index in [1.807, 2.05) is 0 Å². The fourth-order valence-corrected chi connectivity index (χ4v) is 3.57. The van der Waals surface area contributed by atoms with E-state index in [-0.39, 0.29) is 24.1 Å². The van der Waals surface area contributed by atoms with Gasteiger partial charge in [0, 0.05) is 12.6 Å². The molecule has 0 saturated heterocycles. The standard InChI is InChI=1S/C18H19N3O4S/c1-3-26(24,25)20(2)14-10-8-13(9-11-14)18(23)21-12-17(22)19-15-6-4-5-7-16(15)21/h4-11H,3,12H2,1-2H3,(H,19,22). The Balaban J connectivity index is 1.89. The molecule has 0 aromatic heterocycles. The van der Waals surface area contributed by atoms with E-state index in [4.69, 9.17) is 0 Å². The van der Waals surface area contributed by atoms with Gasteiger partial charge in [0.15, 0.2) is 0 Å². The number of nitrogens with one attached hydrogen (secondary N) is 1. The molecular weight excluding hydrogens is 354 g/mol. The molecule has 0 saturated carbocycles. The lowest BCUT2D eigenvalue weighted by Crippen LogP contribution is -2.42. The van der Waals surface area contributed by atoms with Crippen LogP contribution in [0.25, 0.3) is 0 Å². The van der Waals surface area contributed by atoms with E-state index in [9.17, 15) is 18.0 Å². The van der Waals surface area contributed by atoms with E-state index in [1.165, 1.54) is 16.3 Å². The Hall–Kier alpha value is -2.87. The average molecular weight is 373 g/mol. The third kappa shape index (κ3) is 3.28. The quantitative estimate of drug-likeness (QED) is 0.889. The maximum absolute atomic E-state index is 12.9. The number of sulfonamides is 1. The van der Waals surface area contributed by atoms with Crippen molar-refractivity contribution in [2.24, 2.45) is 0 Å². The molecule has 2 aromatic rings. The highest BCUT2D eigenvalue weighted by atomic mass is 32.2. The van der Waals surface area contributed by atoms with E-state index in [0.717, 1.165) is 0 Å². The van der Waals surface area contributed by atoms with Crippen LogP contribution in [-0.2, 0) is 14.8 Å². The van der Waals surface area contributed by atoms with Crippen molar-refractivity contribution in [3.63, 3.8) is 0 Å². The molecule has 0 unspecified atom stereocenters. The molecule has 2 aromatic carbocycles. The number of nitrogens with zero attached hydrogens (tertiary/aromatic N) is 2. The Labute approximate surface area is 152 Å². The Morgan fingerprint density at radius 2 is 1.81 bits per heavy atom. The van der Waals surface area contributed by atoms with Crippen LogP contribution in [0.1, 0.15) is 17.3 Å². The largest absolute Gasteiger partial charge is 0.323 e. The van der Waals surface area contributed by atoms with Crippen LogP contribution in [0, 0.1) is 0 Å². The van der Waals surface area contributed by atoms with E-state index in [2.05, 4.69) is 5.32 Å². The molecule has 7 nitrogen and oxygen atoms in total. The van der Waals surface area contributed by atoms with Gasteiger partial charge in [-0.1, -0.05) is 12.1 Å². The first-order chi connectivity index (χ1) is 12.3. The van der Waals surface area contributed by atoms with Crippen molar-refractivity contribution in [3.8, 4) is 0 Å². The van der Waals surface area contributed by atoms with Crippen LogP contribution < -0.4 is 14.5 Å². The van der Waals surface area contributed by atoms with Gasteiger partial charge in [0.25, 0.3) is 5.91 Å². The van der Waals surface area contributed by atoms with Gasteiger partial charge in [-0.3, -0.25) is 18.8 Å². The van der Waals surface area contributed by atoms with Crippen molar-refractivity contribution >= 4 is 38.9 Å². The van der Waals surface area contributed by atoms with Gasteiger partial charge in [-0.2, -0.15) is 0 Å². The Morgan fingerprint density at radius 3 is 2.46 bits per heavy atom. The fraction of sp³-hybridized carbons (Fsp3) is 0.222. The molecule has 0 atom stereocenters. The van der Waals surface area contributed by atoms with Crippen LogP contribution in [0.15, 0.2) is 48.5 Å². The van der Waals surface area contributed by atoms with Crippen molar-refractivity contribution < 1.29 is 18.0 Å². The number of amides is 2. The normalized spacial score (nSPS) is 13.8. The summed E-state index contributed by atoms with van der Waals surface area (Å²) in [5.41, 5.74) is 2.06. The second-order valence-corrected chi connectivity index (χ2v) is 8.16. The first kappa shape index (κ1) is 17.9. The first-order valence-corrected chi connectivity index (χ1v) is 9.72. The minimum atomic E-state index is -3.37. The number of para-hydroxylation sites is 2. The number of fused-ring (bicyclic) bond motifs is 1. The van der Waals surface area contributed by atoms with Gasteiger partial charge in [-0.15, -0.1) is 0 Å². The summed E-state index contributed by atoms with van der Waals surface area (Å²) in [6.45, 7) is 1.50. The SMILES string of the molecule is CCS(=O)(=O)N(C)c1ccc(C(=O)N2CC(=O)Nc3ccccc32)cc1. The molecule has 0 radical (unpaired) electrons. The third-order valence-corrected chi connectivity index (χ3v) is 6.05. The smallest absolute Gasteiger partial charge is 0.258 e. The highest BCUT2D eigenvalue weighted by Gasteiger charge is 2.27. The Bertz CT molecular complexity index is 955. The minimum Gasteiger partial charge on any atom is -0.323 e. The van der Waals surface area contributed by atoms with E-state index >= 15 is 0 Å². The molecule has 0 bridgehead atoms. The molecule has 1 heterocycles. The van der Waals surface area contributed by atoms with Crippen LogP contribution in [0.5, 0.6) is 0 Å². The topological polar surface area (TPSA) is 86.8 Å². The highest BCUT2D eigenvalue weighted by molar-refractivity contribution is 7.92. The summed E-state index contributed by atoms with van der Waals surface area (Å²) in [7, 11) is -1.89. The molecule has 136 valence electrons. The van der Waals surface area contributed by atoms with E-state index in [0.29, 0.717) is 22.6 Å². The zero-order valence-electron chi connectivity index (χ0n) is 14.5. The molecule has 0 fully saturated rings. The zero-order valence-corrected chi connectivity index (χ0v) is 15.3. The molecule has 3 rings (SSSR count). The molecular formula is C18H19N3O4S. The summed E-state index contributed by atoms with van der Waals surface area (Å²) in [6, 6.07) is 13.4. The average Bonchev–Trinajstić information content (AvgIpc) is 2.66. The molecule has 0 spiro atoms. The minimum absolute atomic E-state index is 0.0101. The van der Waals surface area contributed by atoms with Crippen LogP contribution in [-0.4, -0.2) is 39.6 Å². The number of carbonyl (C=O) groups excluding carboxylic acids is 2. The third-order valence-electron chi connectivity index (χ3n) is 4.28. The van der Waals surface area contributed by atoms with Crippen molar-refractivity contribution in [2.45, 2.75) is 6.92 Å². The second kappa shape index (κ2) is 6.80. The Morgan fingerprint density at radius 1 is 1.15 bits per heavy atom. The summed E-state index contributed by atoms with van der Waals surface area (Å²) in [5.74, 6) is -0.591. The maximum Gasteiger partial charge on any atom is 0.258 e. The second-order valence-electron chi connectivity index (χ2n) is 5.87. The molecule has 2 amide bonds. The van der Waals surface area contributed by atoms with Gasteiger partial charge in [0.05, 0.1) is 22.8 Å². The van der Waals surface area contributed by atoms with Crippen molar-refractivity contribution in [1.29, 1.82) is 0 Å². The van der Waals surface area contributed by atoms with Crippen LogP contribution in [0.4, 0.5) is 17.1 Å². The van der Waals surface area contributed by atoms with Gasteiger partial charge >= 0.3 is 0 Å². The highest BCUT2D eigenvalue weighted by Crippen LogP contribution is 2.30. The predicted molar refractivity (Wildman–Crippen MR) is 101 cm³/mol. The van der Waals surface area contributed by atoms with Crippen molar-refractivity contribution in [3.05, 3.63) is 54.1 Å². The number of rotatable bonds is 4. The van der Waals surface area contributed by atoms with E-state index in [1.54, 1.807) is 55.5 Å². The molecule has 8 heteroatoms. The monoisotopic (exact) mass is 373 g/mol. The van der Waals surface area contributed by atoms with Gasteiger partial charge in [0.2, 0.25) is 15.9 Å². The van der Waals surface area contributed by atoms with E-state index < -0.39 is 10.0 Å². The summed E-state index contributed by atoms with van der Waals surface area (Å²) in [4.78, 5) is 26.1. The zero-order chi connectivity index (χ0) is 18.9. The first-order valence-electron chi connectivity index (χ1n) is 8.11. The van der Waals surface area contributed by atoms with Crippen molar-refractivity contribution in [1.82, 2.24) is 0 Å². The molecule has 26 heavy (non-hydrogen) atoms. The number of anilines is 3. The lowest BCUT2D eigenvalue weighted by Gasteiger charge is -2.29. The number of hydrogen-bond acceptors (Lipinski definition) is 4. The predicted octanol–water partition coefficient (Wildman–Crippen LogP) is 2.07. The van der Waals surface area contributed by atoms with Gasteiger partial charge in [0.1, 0.15) is 6.54 Å². The molecule has 1 N–H and O–H groups in total. The number of hydrogen-bond donors (Lipinski definition) is 1. The molecule has 1 aliphatic heterocycles. The number of carbonyl (C=O) groups is 2. The summed E-state index contributed by atoms with van der Waals surface area (Å²) in [6.07, 6.45) is 0. The van der Waals surface area contributed by atoms with Crippen LogP contribution in [0.2, 0.25) is 0 Å². The summed E-state index contributed by atoms with van der Waals surface area (Å²) >= 11 is 0. The number of benzene rings is 2. The lowest BCUT2D eigenvalue weighted by atomic mass is 10.1. The molecule has 0 aliphatic carbocycles. The Kier molecular flexibility index (Phi) is 4.69. The summed E-state index contributed by atoms with van der Waals surface area (Å²) < 4.78 is 25.1. The van der Waals surface area contributed by atoms with Crippen LogP contribution >= 0.6 is 0 Å². The molecule has 1 aliphatic rings.